The average Bonchev–Trinajstić information content (AvgIpc) is 3.29. The Labute approximate surface area is 187 Å². The Morgan fingerprint density at radius 1 is 0.742 bits per heavy atom. The summed E-state index contributed by atoms with van der Waals surface area (Å²) in [5.41, 5.74) is 0. The third-order valence-electron chi connectivity index (χ3n) is 5.32. The van der Waals surface area contributed by atoms with E-state index in [2.05, 4.69) is 20.6 Å². The number of H-pyrrole nitrogens is 1. The van der Waals surface area contributed by atoms with Crippen molar-refractivity contribution in [3.63, 3.8) is 0 Å². The molecule has 0 amide bonds. The largest absolute Gasteiger partial charge is 0.379 e. The molecule has 31 heavy (non-hydrogen) atoms. The number of nitrogens with zero attached hydrogens (tertiary/aromatic N) is 3. The zero-order valence-corrected chi connectivity index (χ0v) is 19.1. The summed E-state index contributed by atoms with van der Waals surface area (Å²) < 4.78 is 10.2. The zero-order chi connectivity index (χ0) is 22.2. The minimum Gasteiger partial charge on any atom is -0.379 e. The van der Waals surface area contributed by atoms with Gasteiger partial charge in [-0.3, -0.25) is 9.59 Å². The van der Waals surface area contributed by atoms with Crippen LogP contribution < -0.4 is 0 Å². The molecule has 0 spiro atoms. The Hall–Kier alpha value is -1.67. The van der Waals surface area contributed by atoms with Gasteiger partial charge in [0.25, 0.3) is 0 Å². The van der Waals surface area contributed by atoms with E-state index in [4.69, 9.17) is 9.47 Å². The maximum absolute atomic E-state index is 11.8. The molecular weight excluding hydrogens is 396 g/mol. The first-order chi connectivity index (χ1) is 15.3. The molecule has 0 aromatic carbocycles. The van der Waals surface area contributed by atoms with E-state index in [1.54, 1.807) is 6.29 Å². The van der Waals surface area contributed by atoms with Gasteiger partial charge in [-0.2, -0.15) is 0 Å². The molecule has 0 unspecified atom stereocenters. The van der Waals surface area contributed by atoms with Gasteiger partial charge in [0, 0.05) is 19.3 Å². The Morgan fingerprint density at radius 2 is 1.32 bits per heavy atom. The zero-order valence-electron chi connectivity index (χ0n) is 19.1. The average molecular weight is 438 g/mol. The molecule has 1 heterocycles. The third kappa shape index (κ3) is 18.8. The van der Waals surface area contributed by atoms with E-state index in [0.717, 1.165) is 31.5 Å². The van der Waals surface area contributed by atoms with Gasteiger partial charge in [0.15, 0.2) is 0 Å². The van der Waals surface area contributed by atoms with Gasteiger partial charge in [0.1, 0.15) is 18.2 Å². The van der Waals surface area contributed by atoms with Crippen molar-refractivity contribution in [2.75, 3.05) is 26.4 Å². The highest BCUT2D eigenvalue weighted by molar-refractivity contribution is 5.78. The van der Waals surface area contributed by atoms with E-state index in [-0.39, 0.29) is 12.4 Å². The molecule has 0 aliphatic heterocycles. The van der Waals surface area contributed by atoms with Gasteiger partial charge < -0.3 is 9.47 Å². The molecule has 0 bridgehead atoms. The van der Waals surface area contributed by atoms with Gasteiger partial charge in [-0.1, -0.05) is 70.6 Å². The van der Waals surface area contributed by atoms with Crippen LogP contribution >= 0.6 is 0 Å². The molecule has 8 heteroatoms. The number of tetrazole rings is 1. The summed E-state index contributed by atoms with van der Waals surface area (Å²) in [6.07, 6.45) is 20.1. The first-order valence-electron chi connectivity index (χ1n) is 12.1. The van der Waals surface area contributed by atoms with Crippen LogP contribution in [0.4, 0.5) is 0 Å². The molecule has 0 fully saturated rings. The van der Waals surface area contributed by atoms with Gasteiger partial charge in [-0.15, -0.1) is 5.10 Å². The number of aryl methyl sites for hydroxylation is 1. The number of aromatic nitrogens is 4. The predicted molar refractivity (Wildman–Crippen MR) is 119 cm³/mol. The minimum absolute atomic E-state index is 0.0203. The Balaban J connectivity index is 1.70. The minimum atomic E-state index is -0.0203. The molecular formula is C23H41N4O4. The van der Waals surface area contributed by atoms with Crippen LogP contribution in [0.15, 0.2) is 0 Å². The summed E-state index contributed by atoms with van der Waals surface area (Å²) in [5, 5.41) is 13.9. The Morgan fingerprint density at radius 3 is 1.90 bits per heavy atom. The maximum Gasteiger partial charge on any atom is 0.226 e. The van der Waals surface area contributed by atoms with Crippen molar-refractivity contribution in [3.8, 4) is 0 Å². The molecule has 0 aliphatic rings. The van der Waals surface area contributed by atoms with Crippen molar-refractivity contribution in [1.29, 1.82) is 0 Å². The van der Waals surface area contributed by atoms with Crippen LogP contribution in [-0.2, 0) is 25.5 Å². The molecule has 1 rings (SSSR count). The highest BCUT2D eigenvalue weighted by atomic mass is 16.5. The van der Waals surface area contributed by atoms with Crippen LogP contribution in [0.3, 0.4) is 0 Å². The Bertz CT molecular complexity index is 526. The van der Waals surface area contributed by atoms with Crippen molar-refractivity contribution in [2.45, 2.75) is 103 Å². The summed E-state index contributed by atoms with van der Waals surface area (Å²) in [4.78, 5) is 21.7. The van der Waals surface area contributed by atoms with Crippen LogP contribution in [0.5, 0.6) is 0 Å². The third-order valence-corrected chi connectivity index (χ3v) is 5.32. The van der Waals surface area contributed by atoms with Crippen LogP contribution in [0.1, 0.15) is 102 Å². The van der Waals surface area contributed by atoms with Crippen molar-refractivity contribution >= 4 is 12.1 Å². The molecule has 0 atom stereocenters. The van der Waals surface area contributed by atoms with Crippen LogP contribution in [-0.4, -0.2) is 59.1 Å². The second-order valence-corrected chi connectivity index (χ2v) is 8.04. The second-order valence-electron chi connectivity index (χ2n) is 8.04. The lowest BCUT2D eigenvalue weighted by Gasteiger charge is -2.04. The monoisotopic (exact) mass is 437 g/mol. The lowest BCUT2D eigenvalue weighted by Crippen LogP contribution is -2.09. The van der Waals surface area contributed by atoms with Crippen LogP contribution in [0.2, 0.25) is 0 Å². The number of ether oxygens (including phenoxy) is 2. The van der Waals surface area contributed by atoms with E-state index in [1.165, 1.54) is 64.2 Å². The SMILES string of the molecule is O=[C]COCCOCCC(=O)CCCCCCCCCCCCCCCc1nnn[nH]1. The highest BCUT2D eigenvalue weighted by Crippen LogP contribution is 2.13. The van der Waals surface area contributed by atoms with Crippen molar-refractivity contribution in [1.82, 2.24) is 20.6 Å². The smallest absolute Gasteiger partial charge is 0.226 e. The quantitative estimate of drug-likeness (QED) is 0.240. The number of nitrogens with one attached hydrogen (secondary N) is 1. The molecule has 177 valence electrons. The number of Topliss-reactive ketones (excluding diaryl/α,β-unsaturated/α-hetero) is 1. The fraction of sp³-hybridized carbons (Fsp3) is 0.870. The summed E-state index contributed by atoms with van der Waals surface area (Å²) in [5.74, 6) is 1.17. The molecule has 0 saturated heterocycles. The van der Waals surface area contributed by atoms with Gasteiger partial charge in [-0.05, 0) is 23.3 Å². The molecule has 0 aliphatic carbocycles. The second kappa shape index (κ2) is 21.6. The van der Waals surface area contributed by atoms with Crippen LogP contribution in [0, 0.1) is 0 Å². The predicted octanol–water partition coefficient (Wildman–Crippen LogP) is 4.31. The van der Waals surface area contributed by atoms with E-state index in [9.17, 15) is 9.59 Å². The summed E-state index contributed by atoms with van der Waals surface area (Å²) >= 11 is 0. The lowest BCUT2D eigenvalue weighted by molar-refractivity contribution is -0.120. The summed E-state index contributed by atoms with van der Waals surface area (Å²) in [6, 6.07) is 0. The standard InChI is InChI=1S/C23H41N4O4/c28-17-19-31-21-20-30-18-16-22(29)14-12-10-8-6-4-2-1-3-5-7-9-11-13-15-23-24-26-27-25-23/h1-16,18-21H2,(H,24,25,26,27). The van der Waals surface area contributed by atoms with Crippen molar-refractivity contribution < 1.29 is 19.1 Å². The normalized spacial score (nSPS) is 11.1. The maximum atomic E-state index is 11.8. The molecule has 8 nitrogen and oxygen atoms in total. The Kier molecular flexibility index (Phi) is 19.0. The van der Waals surface area contributed by atoms with E-state index in [0.29, 0.717) is 32.7 Å². The molecule has 1 aromatic heterocycles. The van der Waals surface area contributed by atoms with Crippen LogP contribution in [0.25, 0.3) is 0 Å². The number of unbranched alkanes of at least 4 members (excludes halogenated alkanes) is 12. The summed E-state index contributed by atoms with van der Waals surface area (Å²) in [7, 11) is 0. The molecule has 0 saturated carbocycles. The molecule has 1 N–H and O–H groups in total. The fourth-order valence-corrected chi connectivity index (χ4v) is 3.49. The first-order valence-corrected chi connectivity index (χ1v) is 12.1. The fourth-order valence-electron chi connectivity index (χ4n) is 3.49. The van der Waals surface area contributed by atoms with E-state index >= 15 is 0 Å². The number of carbonyl (C=O) groups excluding carboxylic acids is 2. The van der Waals surface area contributed by atoms with Gasteiger partial charge in [0.05, 0.1) is 19.8 Å². The van der Waals surface area contributed by atoms with E-state index < -0.39 is 0 Å². The first kappa shape index (κ1) is 27.4. The van der Waals surface area contributed by atoms with Gasteiger partial charge in [0.2, 0.25) is 6.29 Å². The number of aromatic amines is 1. The number of hydrogen-bond donors (Lipinski definition) is 1. The topological polar surface area (TPSA) is 107 Å². The number of carbonyl (C=O) groups is 1. The number of ketones is 1. The molecule has 1 radical (unpaired) electrons. The van der Waals surface area contributed by atoms with Gasteiger partial charge >= 0.3 is 0 Å². The van der Waals surface area contributed by atoms with Gasteiger partial charge in [-0.25, -0.2) is 5.10 Å². The number of rotatable bonds is 24. The van der Waals surface area contributed by atoms with Crippen molar-refractivity contribution in [2.24, 2.45) is 0 Å². The summed E-state index contributed by atoms with van der Waals surface area (Å²) in [6.45, 7) is 1.20. The highest BCUT2D eigenvalue weighted by Gasteiger charge is 2.02. The van der Waals surface area contributed by atoms with Crippen molar-refractivity contribution in [3.05, 3.63) is 5.82 Å². The molecule has 1 aromatic rings. The van der Waals surface area contributed by atoms with E-state index in [1.807, 2.05) is 0 Å². The lowest BCUT2D eigenvalue weighted by atomic mass is 10.0. The number of hydrogen-bond acceptors (Lipinski definition) is 7.